The summed E-state index contributed by atoms with van der Waals surface area (Å²) in [5.74, 6) is 0. The third-order valence-corrected chi connectivity index (χ3v) is 8.03. The summed E-state index contributed by atoms with van der Waals surface area (Å²) in [6.45, 7) is 14.3. The number of aryl methyl sites for hydroxylation is 1. The van der Waals surface area contributed by atoms with Gasteiger partial charge in [-0.3, -0.25) is 0 Å². The molecule has 1 aliphatic heterocycles. The molecule has 0 aliphatic carbocycles. The first-order chi connectivity index (χ1) is 17.7. The van der Waals surface area contributed by atoms with Crippen LogP contribution in [0.1, 0.15) is 38.8 Å². The molecule has 1 aromatic heterocycles. The molecular formula is C33H31BO3. The topological polar surface area (TPSA) is 31.6 Å². The highest BCUT2D eigenvalue weighted by atomic mass is 16.7. The van der Waals surface area contributed by atoms with Crippen molar-refractivity contribution in [1.29, 1.82) is 0 Å². The predicted molar refractivity (Wildman–Crippen MR) is 156 cm³/mol. The van der Waals surface area contributed by atoms with Crippen LogP contribution in [-0.2, 0) is 9.31 Å². The summed E-state index contributed by atoms with van der Waals surface area (Å²) in [5, 5.41) is 4.54. The van der Waals surface area contributed by atoms with E-state index in [2.05, 4.69) is 114 Å². The molecule has 2 heterocycles. The highest BCUT2D eigenvalue weighted by Crippen LogP contribution is 2.39. The molecule has 0 bridgehead atoms. The first-order valence-corrected chi connectivity index (χ1v) is 12.8. The van der Waals surface area contributed by atoms with E-state index in [-0.39, 0.29) is 11.2 Å². The molecule has 0 unspecified atom stereocenters. The highest BCUT2D eigenvalue weighted by Gasteiger charge is 2.52. The number of hydrogen-bond acceptors (Lipinski definition) is 3. The number of allylic oxidation sites excluding steroid dienone is 2. The Kier molecular flexibility index (Phi) is 5.45. The molecule has 0 spiro atoms. The van der Waals surface area contributed by atoms with Crippen LogP contribution in [0.15, 0.2) is 89.9 Å². The van der Waals surface area contributed by atoms with Gasteiger partial charge in [-0.1, -0.05) is 73.3 Å². The van der Waals surface area contributed by atoms with Crippen LogP contribution in [0.3, 0.4) is 0 Å². The van der Waals surface area contributed by atoms with Gasteiger partial charge in [-0.2, -0.15) is 0 Å². The van der Waals surface area contributed by atoms with E-state index < -0.39 is 7.12 Å². The van der Waals surface area contributed by atoms with Crippen LogP contribution in [0.4, 0.5) is 0 Å². The fourth-order valence-electron chi connectivity index (χ4n) is 5.20. The average Bonchev–Trinajstić information content (AvgIpc) is 3.33. The Balaban J connectivity index is 1.46. The summed E-state index contributed by atoms with van der Waals surface area (Å²) < 4.78 is 19.2. The summed E-state index contributed by atoms with van der Waals surface area (Å²) in [6, 6.07) is 23.6. The molecule has 0 amide bonds. The molecule has 1 aliphatic rings. The maximum Gasteiger partial charge on any atom is 0.495 e. The number of benzene rings is 4. The second kappa shape index (κ2) is 8.48. The van der Waals surface area contributed by atoms with Crippen LogP contribution in [0.2, 0.25) is 0 Å². The molecule has 4 aromatic carbocycles. The van der Waals surface area contributed by atoms with Crippen molar-refractivity contribution in [2.45, 2.75) is 45.8 Å². The molecule has 0 saturated carbocycles. The fourth-order valence-corrected chi connectivity index (χ4v) is 5.20. The Morgan fingerprint density at radius 1 is 0.811 bits per heavy atom. The Bertz CT molecular complexity index is 1700. The summed E-state index contributed by atoms with van der Waals surface area (Å²) >= 11 is 0. The van der Waals surface area contributed by atoms with Gasteiger partial charge in [0.2, 0.25) is 0 Å². The molecule has 3 nitrogen and oxygen atoms in total. The monoisotopic (exact) mass is 486 g/mol. The van der Waals surface area contributed by atoms with Crippen molar-refractivity contribution in [3.63, 3.8) is 0 Å². The van der Waals surface area contributed by atoms with E-state index in [0.717, 1.165) is 54.9 Å². The van der Waals surface area contributed by atoms with E-state index in [1.54, 1.807) is 6.08 Å². The molecule has 0 radical (unpaired) electrons. The minimum absolute atomic E-state index is 0.379. The summed E-state index contributed by atoms with van der Waals surface area (Å²) in [4.78, 5) is 0. The lowest BCUT2D eigenvalue weighted by Gasteiger charge is -2.32. The van der Waals surface area contributed by atoms with Gasteiger partial charge in [0.25, 0.3) is 0 Å². The van der Waals surface area contributed by atoms with E-state index in [4.69, 9.17) is 13.7 Å². The molecule has 1 saturated heterocycles. The van der Waals surface area contributed by atoms with E-state index in [1.165, 1.54) is 5.56 Å². The first-order valence-electron chi connectivity index (χ1n) is 12.8. The number of fused-ring (bicyclic) bond motifs is 4. The molecular weight excluding hydrogens is 455 g/mol. The lowest BCUT2D eigenvalue weighted by molar-refractivity contribution is 0.00578. The molecule has 0 atom stereocenters. The van der Waals surface area contributed by atoms with Crippen LogP contribution < -0.4 is 5.46 Å². The smallest absolute Gasteiger partial charge is 0.455 e. The van der Waals surface area contributed by atoms with E-state index >= 15 is 0 Å². The normalized spacial score (nSPS) is 16.9. The fraction of sp³-hybridized carbons (Fsp3) is 0.212. The third-order valence-electron chi connectivity index (χ3n) is 8.03. The predicted octanol–water partition coefficient (Wildman–Crippen LogP) is 8.21. The van der Waals surface area contributed by atoms with Crippen LogP contribution in [0, 0.1) is 6.92 Å². The minimum atomic E-state index is -0.397. The second-order valence-electron chi connectivity index (χ2n) is 11.0. The van der Waals surface area contributed by atoms with Gasteiger partial charge < -0.3 is 13.7 Å². The SMILES string of the molecule is C=C/C=C\c1cc2oc3c(-c4ccc5c(B6OC(C)(C)C(C)(C)O6)cccc5c4)cccc3c2cc1C. The third kappa shape index (κ3) is 3.83. The van der Waals surface area contributed by atoms with Gasteiger partial charge in [-0.25, -0.2) is 0 Å². The second-order valence-corrected chi connectivity index (χ2v) is 11.0. The van der Waals surface area contributed by atoms with Gasteiger partial charge in [0.1, 0.15) is 11.2 Å². The quantitative estimate of drug-likeness (QED) is 0.190. The zero-order chi connectivity index (χ0) is 25.9. The van der Waals surface area contributed by atoms with Crippen LogP contribution in [-0.4, -0.2) is 18.3 Å². The van der Waals surface area contributed by atoms with Crippen molar-refractivity contribution >= 4 is 51.4 Å². The number of rotatable bonds is 4. The van der Waals surface area contributed by atoms with Gasteiger partial charge in [0, 0.05) is 16.3 Å². The van der Waals surface area contributed by atoms with E-state index in [0.29, 0.717) is 0 Å². The van der Waals surface area contributed by atoms with Crippen LogP contribution in [0.5, 0.6) is 0 Å². The maximum absolute atomic E-state index is 6.48. The van der Waals surface area contributed by atoms with E-state index in [9.17, 15) is 0 Å². The van der Waals surface area contributed by atoms with Crippen molar-refractivity contribution in [2.75, 3.05) is 0 Å². The number of furan rings is 1. The molecule has 0 N–H and O–H groups in total. The molecule has 4 heteroatoms. The standard InChI is InChI=1S/C33H31BO3/c1-7-8-11-22-20-30-28(18-21(22)2)27-14-10-13-26(31(27)35-30)24-16-17-25-23(19-24)12-9-15-29(25)34-36-32(3,4)33(5,6)37-34/h7-20H,1H2,2-6H3/b11-8-. The number of para-hydroxylation sites is 1. The van der Waals surface area contributed by atoms with Crippen molar-refractivity contribution in [3.8, 4) is 11.1 Å². The van der Waals surface area contributed by atoms with Crippen LogP contribution >= 0.6 is 0 Å². The lowest BCUT2D eigenvalue weighted by Crippen LogP contribution is -2.41. The molecule has 184 valence electrons. The van der Waals surface area contributed by atoms with Crippen LogP contribution in [0.25, 0.3) is 49.9 Å². The van der Waals surface area contributed by atoms with Crippen molar-refractivity contribution < 1.29 is 13.7 Å². The van der Waals surface area contributed by atoms with Crippen molar-refractivity contribution in [3.05, 3.63) is 96.6 Å². The van der Waals surface area contributed by atoms with Gasteiger partial charge in [0.05, 0.1) is 11.2 Å². The molecule has 1 fully saturated rings. The Labute approximate surface area is 218 Å². The van der Waals surface area contributed by atoms with E-state index in [1.807, 2.05) is 6.08 Å². The Hall–Kier alpha value is -3.60. The number of hydrogen-bond donors (Lipinski definition) is 0. The van der Waals surface area contributed by atoms with Crippen molar-refractivity contribution in [2.24, 2.45) is 0 Å². The Morgan fingerprint density at radius 3 is 2.32 bits per heavy atom. The summed E-state index contributed by atoms with van der Waals surface area (Å²) in [6.07, 6.45) is 5.81. The lowest BCUT2D eigenvalue weighted by atomic mass is 9.76. The van der Waals surface area contributed by atoms with Crippen molar-refractivity contribution in [1.82, 2.24) is 0 Å². The van der Waals surface area contributed by atoms with Gasteiger partial charge in [-0.05, 0) is 85.7 Å². The molecule has 6 rings (SSSR count). The summed E-state index contributed by atoms with van der Waals surface area (Å²) in [7, 11) is -0.397. The zero-order valence-corrected chi connectivity index (χ0v) is 22.1. The van der Waals surface area contributed by atoms with Gasteiger partial charge in [-0.15, -0.1) is 0 Å². The Morgan fingerprint density at radius 2 is 1.57 bits per heavy atom. The summed E-state index contributed by atoms with van der Waals surface area (Å²) in [5.41, 5.74) is 6.63. The maximum atomic E-state index is 6.48. The first kappa shape index (κ1) is 23.8. The highest BCUT2D eigenvalue weighted by molar-refractivity contribution is 6.65. The van der Waals surface area contributed by atoms with Gasteiger partial charge >= 0.3 is 7.12 Å². The minimum Gasteiger partial charge on any atom is -0.455 e. The average molecular weight is 486 g/mol. The molecule has 37 heavy (non-hydrogen) atoms. The largest absolute Gasteiger partial charge is 0.495 e. The molecule has 5 aromatic rings. The van der Waals surface area contributed by atoms with Gasteiger partial charge in [0.15, 0.2) is 0 Å². The zero-order valence-electron chi connectivity index (χ0n) is 22.1.